The van der Waals surface area contributed by atoms with E-state index < -0.39 is 4.92 Å². The lowest BCUT2D eigenvalue weighted by Gasteiger charge is -2.09. The molecule has 0 unspecified atom stereocenters. The van der Waals surface area contributed by atoms with Crippen molar-refractivity contribution < 1.29 is 14.5 Å². The van der Waals surface area contributed by atoms with Crippen LogP contribution in [0.5, 0.6) is 5.75 Å². The number of benzene rings is 3. The van der Waals surface area contributed by atoms with Crippen LogP contribution in [0.2, 0.25) is 0 Å². The van der Waals surface area contributed by atoms with Gasteiger partial charge in [-0.05, 0) is 11.5 Å². The lowest BCUT2D eigenvalue weighted by Crippen LogP contribution is -2.06. The second-order valence-electron chi connectivity index (χ2n) is 6.74. The summed E-state index contributed by atoms with van der Waals surface area (Å²) < 4.78 is 7.74. The Morgan fingerprint density at radius 1 is 1.10 bits per heavy atom. The Morgan fingerprint density at radius 3 is 2.71 bits per heavy atom. The molecule has 0 N–H and O–H groups in total. The largest absolute Gasteiger partial charge is 0.485 e. The zero-order valence-electron chi connectivity index (χ0n) is 16.6. The van der Waals surface area contributed by atoms with Crippen LogP contribution < -0.4 is 4.74 Å². The van der Waals surface area contributed by atoms with Crippen LogP contribution in [0.15, 0.2) is 71.9 Å². The molecule has 0 amide bonds. The van der Waals surface area contributed by atoms with Crippen molar-refractivity contribution in [3.05, 3.63) is 88.2 Å². The van der Waals surface area contributed by atoms with Crippen molar-refractivity contribution in [3.8, 4) is 5.75 Å². The van der Waals surface area contributed by atoms with Gasteiger partial charge in [-0.3, -0.25) is 14.9 Å². The maximum Gasteiger partial charge on any atom is 0.270 e. The summed E-state index contributed by atoms with van der Waals surface area (Å²) in [4.78, 5) is 22.8. The van der Waals surface area contributed by atoms with Crippen LogP contribution >= 0.6 is 11.8 Å². The average molecular weight is 434 g/mol. The fraction of sp³-hybridized carbons (Fsp3) is 0.136. The van der Waals surface area contributed by atoms with Gasteiger partial charge >= 0.3 is 0 Å². The summed E-state index contributed by atoms with van der Waals surface area (Å²) in [5.41, 5.74) is 0.186. The summed E-state index contributed by atoms with van der Waals surface area (Å²) in [6, 6.07) is 19.5. The minimum Gasteiger partial charge on any atom is -0.485 e. The first-order valence-electron chi connectivity index (χ1n) is 9.42. The van der Waals surface area contributed by atoms with Crippen molar-refractivity contribution in [1.29, 1.82) is 0 Å². The molecule has 31 heavy (non-hydrogen) atoms. The number of hydrogen-bond acceptors (Lipinski definition) is 7. The van der Waals surface area contributed by atoms with Crippen LogP contribution in [0.3, 0.4) is 0 Å². The second-order valence-corrected chi connectivity index (χ2v) is 7.69. The van der Waals surface area contributed by atoms with Crippen LogP contribution in [0.1, 0.15) is 16.2 Å². The minimum atomic E-state index is -0.519. The number of nitrogens with zero attached hydrogens (tertiary/aromatic N) is 4. The van der Waals surface area contributed by atoms with Gasteiger partial charge in [0.1, 0.15) is 12.4 Å². The Hall–Kier alpha value is -3.72. The number of non-ortho nitro benzene ring substituents is 1. The number of carbonyl (C=O) groups excluding carboxylic acids is 1. The Balaban J connectivity index is 1.41. The van der Waals surface area contributed by atoms with Gasteiger partial charge < -0.3 is 9.30 Å². The number of aromatic nitrogens is 3. The summed E-state index contributed by atoms with van der Waals surface area (Å²) in [7, 11) is 1.81. The molecule has 4 aromatic rings. The molecule has 0 aliphatic rings. The molecule has 0 bridgehead atoms. The van der Waals surface area contributed by atoms with Crippen LogP contribution in [0.4, 0.5) is 5.69 Å². The maximum absolute atomic E-state index is 12.4. The number of carbonyl (C=O) groups is 1. The molecule has 9 heteroatoms. The summed E-state index contributed by atoms with van der Waals surface area (Å²) in [6.07, 6.45) is 0. The van der Waals surface area contributed by atoms with Crippen LogP contribution in [0, 0.1) is 10.1 Å². The lowest BCUT2D eigenvalue weighted by atomic mass is 10.1. The molecule has 156 valence electrons. The third-order valence-electron chi connectivity index (χ3n) is 4.74. The standard InChI is InChI=1S/C22H18N4O4S/c1-25-21(13-30-20-11-5-7-15-6-2-3-10-18(15)20)23-24-22(25)31-14-19(27)16-8-4-9-17(12-16)26(28)29/h2-12H,13-14H2,1H3. The van der Waals surface area contributed by atoms with Crippen molar-refractivity contribution in [2.24, 2.45) is 7.05 Å². The van der Waals surface area contributed by atoms with Crippen molar-refractivity contribution in [2.45, 2.75) is 11.8 Å². The van der Waals surface area contributed by atoms with E-state index in [4.69, 9.17) is 4.74 Å². The van der Waals surface area contributed by atoms with E-state index in [-0.39, 0.29) is 23.8 Å². The highest BCUT2D eigenvalue weighted by molar-refractivity contribution is 7.99. The van der Waals surface area contributed by atoms with Crippen LogP contribution in [-0.2, 0) is 13.7 Å². The molecule has 4 rings (SSSR count). The molecule has 1 heterocycles. The predicted molar refractivity (Wildman–Crippen MR) is 117 cm³/mol. The van der Waals surface area contributed by atoms with E-state index >= 15 is 0 Å². The molecule has 0 radical (unpaired) electrons. The van der Waals surface area contributed by atoms with E-state index in [0.29, 0.717) is 16.5 Å². The number of nitro groups is 1. The molecule has 0 atom stereocenters. The third kappa shape index (κ3) is 4.56. The molecule has 0 spiro atoms. The molecular formula is C22H18N4O4S. The number of ketones is 1. The zero-order chi connectivity index (χ0) is 21.8. The fourth-order valence-electron chi connectivity index (χ4n) is 3.07. The van der Waals surface area contributed by atoms with Crippen LogP contribution in [0.25, 0.3) is 10.8 Å². The molecule has 0 fully saturated rings. The fourth-order valence-corrected chi connectivity index (χ4v) is 3.89. The summed E-state index contributed by atoms with van der Waals surface area (Å²) in [5.74, 6) is 1.26. The van der Waals surface area contributed by atoms with E-state index in [9.17, 15) is 14.9 Å². The Morgan fingerprint density at radius 2 is 1.87 bits per heavy atom. The number of rotatable bonds is 8. The highest BCUT2D eigenvalue weighted by Crippen LogP contribution is 2.26. The first kappa shape index (κ1) is 20.5. The van der Waals surface area contributed by atoms with Crippen molar-refractivity contribution in [3.63, 3.8) is 0 Å². The number of Topliss-reactive ketones (excluding diaryl/α,β-unsaturated/α-hetero) is 1. The molecule has 0 aliphatic heterocycles. The van der Waals surface area contributed by atoms with Gasteiger partial charge in [0.25, 0.3) is 5.69 Å². The second kappa shape index (κ2) is 8.97. The van der Waals surface area contributed by atoms with E-state index in [1.165, 1.54) is 30.0 Å². The van der Waals surface area contributed by atoms with Gasteiger partial charge in [-0.15, -0.1) is 10.2 Å². The van der Waals surface area contributed by atoms with Gasteiger partial charge in [-0.25, -0.2) is 0 Å². The monoisotopic (exact) mass is 434 g/mol. The summed E-state index contributed by atoms with van der Waals surface area (Å²) >= 11 is 1.22. The lowest BCUT2D eigenvalue weighted by molar-refractivity contribution is -0.384. The molecule has 8 nitrogen and oxygen atoms in total. The predicted octanol–water partition coefficient (Wildman–Crippen LogP) is 4.43. The summed E-state index contributed by atoms with van der Waals surface area (Å²) in [5, 5.41) is 21.9. The van der Waals surface area contributed by atoms with E-state index in [2.05, 4.69) is 10.2 Å². The summed E-state index contributed by atoms with van der Waals surface area (Å²) in [6.45, 7) is 0.233. The number of fused-ring (bicyclic) bond motifs is 1. The SMILES string of the molecule is Cn1c(COc2cccc3ccccc23)nnc1SCC(=O)c1cccc([N+](=O)[O-])c1. The number of thioether (sulfide) groups is 1. The Labute approximate surface area is 182 Å². The van der Waals surface area contributed by atoms with Crippen molar-refractivity contribution in [2.75, 3.05) is 5.75 Å². The van der Waals surface area contributed by atoms with Crippen molar-refractivity contribution >= 4 is 34.0 Å². The molecule has 1 aromatic heterocycles. The van der Waals surface area contributed by atoms with Gasteiger partial charge in [0, 0.05) is 30.1 Å². The van der Waals surface area contributed by atoms with Gasteiger partial charge in [0.2, 0.25) is 0 Å². The van der Waals surface area contributed by atoms with E-state index in [1.807, 2.05) is 49.5 Å². The van der Waals surface area contributed by atoms with Gasteiger partial charge in [0.05, 0.1) is 10.7 Å². The van der Waals surface area contributed by atoms with Gasteiger partial charge in [0.15, 0.2) is 16.8 Å². The Kier molecular flexibility index (Phi) is 5.94. The first-order chi connectivity index (χ1) is 15.0. The molecule has 0 saturated heterocycles. The Bertz CT molecular complexity index is 1270. The molecule has 0 aliphatic carbocycles. The quantitative estimate of drug-likeness (QED) is 0.175. The highest BCUT2D eigenvalue weighted by atomic mass is 32.2. The smallest absolute Gasteiger partial charge is 0.270 e. The van der Waals surface area contributed by atoms with Gasteiger partial charge in [-0.2, -0.15) is 0 Å². The van der Waals surface area contributed by atoms with Crippen LogP contribution in [-0.4, -0.2) is 31.2 Å². The van der Waals surface area contributed by atoms with Crippen molar-refractivity contribution in [1.82, 2.24) is 14.8 Å². The average Bonchev–Trinajstić information content (AvgIpc) is 3.15. The number of nitro benzene ring substituents is 1. The minimum absolute atomic E-state index is 0.0946. The molecular weight excluding hydrogens is 416 g/mol. The van der Waals surface area contributed by atoms with E-state index in [0.717, 1.165) is 16.5 Å². The van der Waals surface area contributed by atoms with E-state index in [1.54, 1.807) is 10.6 Å². The molecule has 3 aromatic carbocycles. The number of ether oxygens (including phenoxy) is 1. The highest BCUT2D eigenvalue weighted by Gasteiger charge is 2.15. The number of hydrogen-bond donors (Lipinski definition) is 0. The van der Waals surface area contributed by atoms with Gasteiger partial charge in [-0.1, -0.05) is 60.3 Å². The molecule has 0 saturated carbocycles. The third-order valence-corrected chi connectivity index (χ3v) is 5.76. The maximum atomic E-state index is 12.4. The zero-order valence-corrected chi connectivity index (χ0v) is 17.4. The normalized spacial score (nSPS) is 10.9. The topological polar surface area (TPSA) is 100 Å². The first-order valence-corrected chi connectivity index (χ1v) is 10.4.